The van der Waals surface area contributed by atoms with Crippen molar-refractivity contribution in [2.45, 2.75) is 25.2 Å². The molecule has 0 aliphatic heterocycles. The number of sulfonamides is 1. The zero-order chi connectivity index (χ0) is 15.7. The van der Waals surface area contributed by atoms with Gasteiger partial charge in [-0.25, -0.2) is 13.1 Å². The van der Waals surface area contributed by atoms with Gasteiger partial charge < -0.3 is 10.1 Å². The quantitative estimate of drug-likeness (QED) is 0.641. The number of rotatable bonds is 10. The molecule has 0 saturated heterocycles. The molecule has 120 valence electrons. The summed E-state index contributed by atoms with van der Waals surface area (Å²) >= 11 is 0. The van der Waals surface area contributed by atoms with E-state index in [1.54, 1.807) is 12.1 Å². The molecule has 0 aliphatic rings. The normalized spacial score (nSPS) is 12.0. The van der Waals surface area contributed by atoms with Crippen LogP contribution in [0.3, 0.4) is 0 Å². The fraction of sp³-hybridized carbons (Fsp3) is 0.600. The zero-order valence-electron chi connectivity index (χ0n) is 13.1. The molecular weight excluding hydrogens is 288 g/mol. The molecule has 2 N–H and O–H groups in total. The minimum Gasteiger partial charge on any atom is -0.380 e. The molecule has 1 aromatic carbocycles. The van der Waals surface area contributed by atoms with Crippen LogP contribution in [-0.2, 0) is 21.2 Å². The molecule has 0 spiro atoms. The maximum atomic E-state index is 12.1. The van der Waals surface area contributed by atoms with Crippen molar-refractivity contribution in [3.8, 4) is 0 Å². The first-order valence-corrected chi connectivity index (χ1v) is 8.75. The number of hydrogen-bond acceptors (Lipinski definition) is 4. The van der Waals surface area contributed by atoms with Crippen LogP contribution in [0.1, 0.15) is 19.4 Å². The van der Waals surface area contributed by atoms with Gasteiger partial charge in [0.2, 0.25) is 10.0 Å². The first-order chi connectivity index (χ1) is 9.95. The lowest BCUT2D eigenvalue weighted by Gasteiger charge is -2.09. The van der Waals surface area contributed by atoms with Crippen LogP contribution in [0.15, 0.2) is 29.2 Å². The highest BCUT2D eigenvalue weighted by Gasteiger charge is 2.12. The smallest absolute Gasteiger partial charge is 0.240 e. The SMILES string of the molecule is CNCCc1ccc(S(=O)(=O)NCCOCC(C)C)cc1. The molecule has 0 amide bonds. The number of hydrogen-bond donors (Lipinski definition) is 2. The van der Waals surface area contributed by atoms with Crippen LogP contribution in [0.2, 0.25) is 0 Å². The van der Waals surface area contributed by atoms with Gasteiger partial charge in [0.15, 0.2) is 0 Å². The lowest BCUT2D eigenvalue weighted by Crippen LogP contribution is -2.27. The van der Waals surface area contributed by atoms with E-state index in [9.17, 15) is 8.42 Å². The summed E-state index contributed by atoms with van der Waals surface area (Å²) in [5.74, 6) is 0.451. The van der Waals surface area contributed by atoms with Crippen molar-refractivity contribution in [1.82, 2.24) is 10.0 Å². The van der Waals surface area contributed by atoms with Crippen molar-refractivity contribution in [2.24, 2.45) is 5.92 Å². The first-order valence-electron chi connectivity index (χ1n) is 7.26. The third-order valence-electron chi connectivity index (χ3n) is 2.89. The van der Waals surface area contributed by atoms with E-state index in [0.717, 1.165) is 18.5 Å². The van der Waals surface area contributed by atoms with Crippen molar-refractivity contribution in [3.63, 3.8) is 0 Å². The Morgan fingerprint density at radius 1 is 1.14 bits per heavy atom. The van der Waals surface area contributed by atoms with Crippen LogP contribution >= 0.6 is 0 Å². The van der Waals surface area contributed by atoms with Gasteiger partial charge in [0, 0.05) is 13.2 Å². The number of likely N-dealkylation sites (N-methyl/N-ethyl adjacent to an activating group) is 1. The molecule has 6 heteroatoms. The van der Waals surface area contributed by atoms with E-state index in [2.05, 4.69) is 23.9 Å². The van der Waals surface area contributed by atoms with Gasteiger partial charge in [-0.15, -0.1) is 0 Å². The van der Waals surface area contributed by atoms with Gasteiger partial charge in [-0.3, -0.25) is 0 Å². The monoisotopic (exact) mass is 314 g/mol. The van der Waals surface area contributed by atoms with E-state index in [1.807, 2.05) is 19.2 Å². The molecule has 1 aromatic rings. The third kappa shape index (κ3) is 7.04. The minimum atomic E-state index is -3.44. The topological polar surface area (TPSA) is 67.4 Å². The molecule has 21 heavy (non-hydrogen) atoms. The molecule has 0 fully saturated rings. The van der Waals surface area contributed by atoms with Crippen LogP contribution in [0, 0.1) is 5.92 Å². The Bertz CT molecular complexity index is 498. The van der Waals surface area contributed by atoms with E-state index < -0.39 is 10.0 Å². The molecule has 0 aromatic heterocycles. The Morgan fingerprint density at radius 2 is 1.81 bits per heavy atom. The summed E-state index contributed by atoms with van der Waals surface area (Å²) < 4.78 is 32.1. The van der Waals surface area contributed by atoms with Crippen LogP contribution in [0.4, 0.5) is 0 Å². The van der Waals surface area contributed by atoms with Gasteiger partial charge in [0.1, 0.15) is 0 Å². The summed E-state index contributed by atoms with van der Waals surface area (Å²) in [6.07, 6.45) is 0.882. The molecule has 0 atom stereocenters. The molecule has 0 radical (unpaired) electrons. The second-order valence-electron chi connectivity index (χ2n) is 5.36. The Morgan fingerprint density at radius 3 is 2.38 bits per heavy atom. The van der Waals surface area contributed by atoms with Crippen molar-refractivity contribution in [3.05, 3.63) is 29.8 Å². The van der Waals surface area contributed by atoms with E-state index in [4.69, 9.17) is 4.74 Å². The fourth-order valence-corrected chi connectivity index (χ4v) is 2.77. The van der Waals surface area contributed by atoms with Gasteiger partial charge in [-0.1, -0.05) is 26.0 Å². The van der Waals surface area contributed by atoms with Crippen LogP contribution in [0.25, 0.3) is 0 Å². The lowest BCUT2D eigenvalue weighted by molar-refractivity contribution is 0.114. The Hall–Kier alpha value is -0.950. The Balaban J connectivity index is 2.46. The number of benzene rings is 1. The van der Waals surface area contributed by atoms with E-state index in [1.165, 1.54) is 0 Å². The Labute approximate surface area is 128 Å². The van der Waals surface area contributed by atoms with Crippen molar-refractivity contribution in [2.75, 3.05) is 33.4 Å². The molecule has 0 bridgehead atoms. The van der Waals surface area contributed by atoms with Crippen molar-refractivity contribution < 1.29 is 13.2 Å². The van der Waals surface area contributed by atoms with Gasteiger partial charge in [-0.05, 0) is 43.6 Å². The summed E-state index contributed by atoms with van der Waals surface area (Å²) in [6.45, 7) is 6.30. The minimum absolute atomic E-state index is 0.288. The van der Waals surface area contributed by atoms with Crippen LogP contribution in [-0.4, -0.2) is 41.8 Å². The maximum absolute atomic E-state index is 12.1. The van der Waals surface area contributed by atoms with Gasteiger partial charge in [0.25, 0.3) is 0 Å². The zero-order valence-corrected chi connectivity index (χ0v) is 13.9. The highest BCUT2D eigenvalue weighted by atomic mass is 32.2. The summed E-state index contributed by atoms with van der Waals surface area (Å²) in [4.78, 5) is 0.291. The Kier molecular flexibility index (Phi) is 7.88. The standard InChI is InChI=1S/C15H26N2O3S/c1-13(2)12-20-11-10-17-21(18,19)15-6-4-14(5-7-15)8-9-16-3/h4-7,13,16-17H,8-12H2,1-3H3. The van der Waals surface area contributed by atoms with E-state index in [0.29, 0.717) is 24.0 Å². The van der Waals surface area contributed by atoms with Gasteiger partial charge >= 0.3 is 0 Å². The third-order valence-corrected chi connectivity index (χ3v) is 4.36. The average Bonchev–Trinajstić information content (AvgIpc) is 2.44. The van der Waals surface area contributed by atoms with Gasteiger partial charge in [-0.2, -0.15) is 0 Å². The second kappa shape index (κ2) is 9.15. The maximum Gasteiger partial charge on any atom is 0.240 e. The molecule has 0 saturated carbocycles. The first kappa shape index (κ1) is 18.1. The molecule has 5 nitrogen and oxygen atoms in total. The summed E-state index contributed by atoms with van der Waals surface area (Å²) in [7, 11) is -1.55. The predicted molar refractivity (Wildman–Crippen MR) is 84.9 cm³/mol. The fourth-order valence-electron chi connectivity index (χ4n) is 1.76. The average molecular weight is 314 g/mol. The molecule has 0 aliphatic carbocycles. The number of ether oxygens (including phenoxy) is 1. The molecule has 0 heterocycles. The van der Waals surface area contributed by atoms with Gasteiger partial charge in [0.05, 0.1) is 11.5 Å². The molecular formula is C15H26N2O3S. The number of nitrogens with one attached hydrogen (secondary N) is 2. The van der Waals surface area contributed by atoms with Crippen LogP contribution in [0.5, 0.6) is 0 Å². The summed E-state index contributed by atoms with van der Waals surface area (Å²) in [6, 6.07) is 6.98. The summed E-state index contributed by atoms with van der Waals surface area (Å²) in [5, 5.41) is 3.06. The van der Waals surface area contributed by atoms with E-state index in [-0.39, 0.29) is 6.54 Å². The highest BCUT2D eigenvalue weighted by molar-refractivity contribution is 7.89. The van der Waals surface area contributed by atoms with Crippen LogP contribution < -0.4 is 10.0 Å². The lowest BCUT2D eigenvalue weighted by atomic mass is 10.1. The highest BCUT2D eigenvalue weighted by Crippen LogP contribution is 2.10. The largest absolute Gasteiger partial charge is 0.380 e. The second-order valence-corrected chi connectivity index (χ2v) is 7.13. The summed E-state index contributed by atoms with van der Waals surface area (Å²) in [5.41, 5.74) is 1.11. The van der Waals surface area contributed by atoms with E-state index >= 15 is 0 Å². The molecule has 1 rings (SSSR count). The van der Waals surface area contributed by atoms with Crippen molar-refractivity contribution in [1.29, 1.82) is 0 Å². The predicted octanol–water partition coefficient (Wildman–Crippen LogP) is 1.40. The van der Waals surface area contributed by atoms with Crippen molar-refractivity contribution >= 4 is 10.0 Å². The molecule has 0 unspecified atom stereocenters.